The summed E-state index contributed by atoms with van der Waals surface area (Å²) in [7, 11) is 0. The van der Waals surface area contributed by atoms with Gasteiger partial charge in [-0.1, -0.05) is 30.3 Å². The van der Waals surface area contributed by atoms with Crippen LogP contribution in [0.4, 0.5) is 5.69 Å². The molecule has 3 aliphatic rings. The molecule has 2 bridgehead atoms. The Kier molecular flexibility index (Phi) is 5.10. The summed E-state index contributed by atoms with van der Waals surface area (Å²) >= 11 is 0. The monoisotopic (exact) mass is 493 g/mol. The molecule has 3 aliphatic heterocycles. The van der Waals surface area contributed by atoms with Crippen LogP contribution in [-0.4, -0.2) is 40.8 Å². The van der Waals surface area contributed by atoms with Crippen LogP contribution >= 0.6 is 0 Å². The lowest BCUT2D eigenvalue weighted by Crippen LogP contribution is -2.49. The van der Waals surface area contributed by atoms with E-state index in [-0.39, 0.29) is 18.9 Å². The van der Waals surface area contributed by atoms with E-state index in [4.69, 9.17) is 14.7 Å². The summed E-state index contributed by atoms with van der Waals surface area (Å²) in [6, 6.07) is 21.5. The maximum absolute atomic E-state index is 14.0. The van der Waals surface area contributed by atoms with E-state index >= 15 is 0 Å². The molecule has 0 radical (unpaired) electrons. The molecule has 0 aromatic heterocycles. The fourth-order valence-electron chi connectivity index (χ4n) is 6.43. The average molecular weight is 494 g/mol. The fourth-order valence-corrected chi connectivity index (χ4v) is 6.43. The van der Waals surface area contributed by atoms with Crippen molar-refractivity contribution in [1.82, 2.24) is 0 Å². The lowest BCUT2D eigenvalue weighted by atomic mass is 9.66. The molecule has 0 saturated carbocycles. The fraction of sp³-hybridized carbons (Fsp3) is 0.310. The largest absolute Gasteiger partial charge is 0.493 e. The number of carbonyl (C=O) groups is 2. The molecule has 3 aromatic carbocycles. The Morgan fingerprint density at radius 3 is 2.54 bits per heavy atom. The van der Waals surface area contributed by atoms with Gasteiger partial charge in [0.05, 0.1) is 59.1 Å². The molecule has 3 heterocycles. The number of hydrogen-bond donors (Lipinski definition) is 1. The third-order valence-corrected chi connectivity index (χ3v) is 8.13. The number of fused-ring (bicyclic) bond motifs is 6. The third kappa shape index (κ3) is 3.20. The van der Waals surface area contributed by atoms with Gasteiger partial charge in [0.2, 0.25) is 11.8 Å². The number of anilines is 1. The lowest BCUT2D eigenvalue weighted by molar-refractivity contribution is -0.134. The van der Waals surface area contributed by atoms with Crippen LogP contribution < -0.4 is 9.64 Å². The second-order valence-electron chi connectivity index (χ2n) is 10.1. The van der Waals surface area contributed by atoms with E-state index in [0.717, 1.165) is 0 Å². The number of benzene rings is 3. The Labute approximate surface area is 213 Å². The molecule has 3 saturated heterocycles. The van der Waals surface area contributed by atoms with Crippen molar-refractivity contribution in [3.8, 4) is 17.9 Å². The maximum atomic E-state index is 14.0. The summed E-state index contributed by atoms with van der Waals surface area (Å²) in [6.45, 7) is 1.88. The summed E-state index contributed by atoms with van der Waals surface area (Å²) < 4.78 is 12.2. The SMILES string of the molecule is C[C@@]12O[C@@](CCOc3cccc(C#N)c3)(CC1O)[C@@H]1C(=O)N(c3ccc(C#N)c4ccccc34)C(=O)[C@@H]12. The second kappa shape index (κ2) is 8.14. The molecular formula is C29H23N3O5. The molecule has 5 atom stereocenters. The lowest BCUT2D eigenvalue weighted by Gasteiger charge is -2.33. The van der Waals surface area contributed by atoms with Crippen LogP contribution in [0, 0.1) is 34.5 Å². The summed E-state index contributed by atoms with van der Waals surface area (Å²) in [4.78, 5) is 29.0. The number of aliphatic hydroxyl groups is 1. The van der Waals surface area contributed by atoms with Crippen LogP contribution in [0.25, 0.3) is 10.8 Å². The molecule has 0 spiro atoms. The van der Waals surface area contributed by atoms with Crippen LogP contribution in [-0.2, 0) is 14.3 Å². The summed E-state index contributed by atoms with van der Waals surface area (Å²) in [5.41, 5.74) is -0.904. The molecule has 1 N–H and O–H groups in total. The molecule has 0 aliphatic carbocycles. The minimum atomic E-state index is -1.20. The van der Waals surface area contributed by atoms with Crippen molar-refractivity contribution in [2.75, 3.05) is 11.5 Å². The molecule has 2 amide bonds. The van der Waals surface area contributed by atoms with Gasteiger partial charge in [-0.25, -0.2) is 4.90 Å². The zero-order valence-corrected chi connectivity index (χ0v) is 20.0. The molecule has 6 rings (SSSR count). The normalized spacial score (nSPS) is 29.8. The Hall–Kier alpha value is -4.24. The highest BCUT2D eigenvalue weighted by Gasteiger charge is 2.77. The zero-order chi connectivity index (χ0) is 25.9. The number of aliphatic hydroxyl groups excluding tert-OH is 1. The van der Waals surface area contributed by atoms with E-state index in [0.29, 0.717) is 39.8 Å². The molecule has 37 heavy (non-hydrogen) atoms. The van der Waals surface area contributed by atoms with Gasteiger partial charge >= 0.3 is 0 Å². The van der Waals surface area contributed by atoms with Gasteiger partial charge in [-0.2, -0.15) is 10.5 Å². The molecule has 8 heteroatoms. The number of carbonyl (C=O) groups excluding carboxylic acids is 2. The van der Waals surface area contributed by atoms with Gasteiger partial charge < -0.3 is 14.6 Å². The first-order valence-electron chi connectivity index (χ1n) is 12.1. The number of nitrogens with zero attached hydrogens (tertiary/aromatic N) is 3. The Bertz CT molecular complexity index is 1560. The number of amides is 2. The van der Waals surface area contributed by atoms with Crippen LogP contribution in [0.15, 0.2) is 60.7 Å². The third-order valence-electron chi connectivity index (χ3n) is 8.13. The van der Waals surface area contributed by atoms with Crippen LogP contribution in [0.5, 0.6) is 5.75 Å². The summed E-state index contributed by atoms with van der Waals surface area (Å²) in [5.74, 6) is -1.86. The van der Waals surface area contributed by atoms with Gasteiger partial charge in [-0.3, -0.25) is 9.59 Å². The van der Waals surface area contributed by atoms with E-state index in [1.807, 2.05) is 6.07 Å². The number of hydrogen-bond acceptors (Lipinski definition) is 7. The van der Waals surface area contributed by atoms with E-state index < -0.39 is 35.0 Å². The molecule has 8 nitrogen and oxygen atoms in total. The first-order valence-corrected chi connectivity index (χ1v) is 12.1. The van der Waals surface area contributed by atoms with Gasteiger partial charge in [-0.15, -0.1) is 0 Å². The molecule has 184 valence electrons. The minimum Gasteiger partial charge on any atom is -0.493 e. The number of nitriles is 2. The van der Waals surface area contributed by atoms with Crippen molar-refractivity contribution in [2.45, 2.75) is 37.1 Å². The van der Waals surface area contributed by atoms with E-state index in [1.165, 1.54) is 4.90 Å². The highest BCUT2D eigenvalue weighted by atomic mass is 16.6. The predicted molar refractivity (Wildman–Crippen MR) is 132 cm³/mol. The Balaban J connectivity index is 1.35. The summed E-state index contributed by atoms with van der Waals surface area (Å²) in [5, 5.41) is 30.9. The molecule has 1 unspecified atom stereocenters. The van der Waals surface area contributed by atoms with Crippen molar-refractivity contribution in [1.29, 1.82) is 10.5 Å². The number of ether oxygens (including phenoxy) is 2. The number of rotatable bonds is 5. The smallest absolute Gasteiger partial charge is 0.240 e. The average Bonchev–Trinajstić information content (AvgIpc) is 3.44. The van der Waals surface area contributed by atoms with Crippen molar-refractivity contribution < 1.29 is 24.2 Å². The van der Waals surface area contributed by atoms with Gasteiger partial charge in [-0.05, 0) is 37.3 Å². The van der Waals surface area contributed by atoms with Crippen molar-refractivity contribution in [2.24, 2.45) is 11.8 Å². The van der Waals surface area contributed by atoms with Crippen molar-refractivity contribution >= 4 is 28.3 Å². The van der Waals surface area contributed by atoms with Crippen molar-refractivity contribution in [3.63, 3.8) is 0 Å². The zero-order valence-electron chi connectivity index (χ0n) is 20.0. The second-order valence-corrected chi connectivity index (χ2v) is 10.1. The first-order chi connectivity index (χ1) is 17.8. The highest BCUT2D eigenvalue weighted by molar-refractivity contribution is 6.26. The predicted octanol–water partition coefficient (Wildman–Crippen LogP) is 3.45. The van der Waals surface area contributed by atoms with Crippen LogP contribution in [0.3, 0.4) is 0 Å². The summed E-state index contributed by atoms with van der Waals surface area (Å²) in [6.07, 6.45) is -0.406. The quantitative estimate of drug-likeness (QED) is 0.540. The van der Waals surface area contributed by atoms with Crippen molar-refractivity contribution in [3.05, 3.63) is 71.8 Å². The highest BCUT2D eigenvalue weighted by Crippen LogP contribution is 2.62. The van der Waals surface area contributed by atoms with Crippen LogP contribution in [0.1, 0.15) is 30.9 Å². The first kappa shape index (κ1) is 23.2. The maximum Gasteiger partial charge on any atom is 0.240 e. The number of imide groups is 1. The van der Waals surface area contributed by atoms with E-state index in [2.05, 4.69) is 12.1 Å². The molecule has 3 aromatic rings. The standard InChI is InChI=1S/C29H23N3O5/c1-28-23(33)14-29(37-28,11-12-36-19-6-4-5-17(13-19)15-30)25-24(28)26(34)32(27(25)35)22-10-9-18(16-31)20-7-2-3-8-21(20)22/h2-10,13,23-25,33H,11-12,14H2,1H3/t23?,24-,25+,28-,29+/m1/s1. The van der Waals surface area contributed by atoms with Gasteiger partial charge in [0.15, 0.2) is 0 Å². The van der Waals surface area contributed by atoms with E-state index in [9.17, 15) is 20.0 Å². The molecule has 3 fully saturated rings. The van der Waals surface area contributed by atoms with Gasteiger partial charge in [0.25, 0.3) is 0 Å². The van der Waals surface area contributed by atoms with Gasteiger partial charge in [0.1, 0.15) is 11.4 Å². The molecular weight excluding hydrogens is 470 g/mol. The van der Waals surface area contributed by atoms with Crippen LogP contribution in [0.2, 0.25) is 0 Å². The minimum absolute atomic E-state index is 0.183. The Morgan fingerprint density at radius 1 is 1.03 bits per heavy atom. The Morgan fingerprint density at radius 2 is 1.78 bits per heavy atom. The van der Waals surface area contributed by atoms with E-state index in [1.54, 1.807) is 61.5 Å². The topological polar surface area (TPSA) is 124 Å². The van der Waals surface area contributed by atoms with Gasteiger partial charge in [0, 0.05) is 23.6 Å².